The molecule has 3 aromatic rings. The number of carbonyl (C=O) groups excluding carboxylic acids is 1. The number of rotatable bonds is 5. The van der Waals surface area contributed by atoms with Crippen molar-refractivity contribution in [2.75, 3.05) is 18.0 Å². The Morgan fingerprint density at radius 2 is 2.15 bits per heavy atom. The third-order valence-corrected chi connectivity index (χ3v) is 4.86. The lowest BCUT2D eigenvalue weighted by molar-refractivity contribution is -0.127. The van der Waals surface area contributed by atoms with Crippen molar-refractivity contribution in [2.45, 2.75) is 32.9 Å². The standard InChI is InChI=1S/C21H24N4O2/c1-3-10-22-21(26)19-14-24(17-8-4-5-9-18(17)27-19)13-16-12-23-20-15(2)7-6-11-25(16)20/h4-9,11-12,19H,3,10,13-14H2,1-2H3,(H,22,26)/t19-/m1/s1. The Hall–Kier alpha value is -3.02. The molecular formula is C21H24N4O2. The molecule has 0 saturated heterocycles. The van der Waals surface area contributed by atoms with Gasteiger partial charge < -0.3 is 19.4 Å². The molecule has 27 heavy (non-hydrogen) atoms. The third-order valence-electron chi connectivity index (χ3n) is 4.86. The van der Waals surface area contributed by atoms with Crippen LogP contribution in [0.25, 0.3) is 5.65 Å². The van der Waals surface area contributed by atoms with Crippen molar-refractivity contribution in [1.82, 2.24) is 14.7 Å². The van der Waals surface area contributed by atoms with Gasteiger partial charge in [0, 0.05) is 12.7 Å². The van der Waals surface area contributed by atoms with Crippen LogP contribution < -0.4 is 15.0 Å². The van der Waals surface area contributed by atoms with Gasteiger partial charge in [0.1, 0.15) is 11.4 Å². The fourth-order valence-electron chi connectivity index (χ4n) is 3.47. The van der Waals surface area contributed by atoms with Gasteiger partial charge in [0.25, 0.3) is 5.91 Å². The number of hydrogen-bond donors (Lipinski definition) is 1. The number of carbonyl (C=O) groups is 1. The Kier molecular flexibility index (Phi) is 4.71. The maximum atomic E-state index is 12.5. The molecule has 3 heterocycles. The van der Waals surface area contributed by atoms with Crippen LogP contribution in [0.3, 0.4) is 0 Å². The fraction of sp³-hybridized carbons (Fsp3) is 0.333. The summed E-state index contributed by atoms with van der Waals surface area (Å²) in [4.78, 5) is 19.2. The summed E-state index contributed by atoms with van der Waals surface area (Å²) in [6.07, 6.45) is 4.32. The lowest BCUT2D eigenvalue weighted by atomic mass is 10.1. The van der Waals surface area contributed by atoms with Gasteiger partial charge in [0.15, 0.2) is 6.10 Å². The Morgan fingerprint density at radius 3 is 3.00 bits per heavy atom. The van der Waals surface area contributed by atoms with Crippen molar-refractivity contribution >= 4 is 17.2 Å². The monoisotopic (exact) mass is 364 g/mol. The van der Waals surface area contributed by atoms with Crippen molar-refractivity contribution in [3.05, 3.63) is 60.0 Å². The number of pyridine rings is 1. The molecule has 1 aliphatic rings. The third kappa shape index (κ3) is 3.35. The molecule has 0 aliphatic carbocycles. The van der Waals surface area contributed by atoms with Gasteiger partial charge in [0.05, 0.1) is 30.7 Å². The number of nitrogens with one attached hydrogen (secondary N) is 1. The number of nitrogens with zero attached hydrogens (tertiary/aromatic N) is 3. The molecule has 0 spiro atoms. The second kappa shape index (κ2) is 7.31. The highest BCUT2D eigenvalue weighted by atomic mass is 16.5. The van der Waals surface area contributed by atoms with Crippen molar-refractivity contribution < 1.29 is 9.53 Å². The van der Waals surface area contributed by atoms with Crippen molar-refractivity contribution in [1.29, 1.82) is 0 Å². The highest BCUT2D eigenvalue weighted by Crippen LogP contribution is 2.34. The number of aryl methyl sites for hydroxylation is 1. The average molecular weight is 364 g/mol. The number of hydrogen-bond acceptors (Lipinski definition) is 4. The summed E-state index contributed by atoms with van der Waals surface area (Å²) in [6.45, 7) is 5.92. The second-order valence-electron chi connectivity index (χ2n) is 6.88. The Balaban J connectivity index is 1.63. The van der Waals surface area contributed by atoms with E-state index >= 15 is 0 Å². The lowest BCUT2D eigenvalue weighted by Gasteiger charge is -2.35. The molecule has 4 rings (SSSR count). The van der Waals surface area contributed by atoms with Gasteiger partial charge in [-0.3, -0.25) is 4.79 Å². The van der Waals surface area contributed by atoms with Gasteiger partial charge in [-0.15, -0.1) is 0 Å². The summed E-state index contributed by atoms with van der Waals surface area (Å²) in [5.74, 6) is 0.677. The van der Waals surface area contributed by atoms with Crippen molar-refractivity contribution in [3.63, 3.8) is 0 Å². The molecule has 0 saturated carbocycles. The maximum absolute atomic E-state index is 12.5. The van der Waals surface area contributed by atoms with Crippen LogP contribution in [0.2, 0.25) is 0 Å². The van der Waals surface area contributed by atoms with E-state index in [1.54, 1.807) is 0 Å². The minimum Gasteiger partial charge on any atom is -0.477 e. The van der Waals surface area contributed by atoms with E-state index < -0.39 is 6.10 Å². The first-order valence-electron chi connectivity index (χ1n) is 9.37. The highest BCUT2D eigenvalue weighted by molar-refractivity contribution is 5.83. The molecule has 0 unspecified atom stereocenters. The zero-order chi connectivity index (χ0) is 18.8. The van der Waals surface area contributed by atoms with Crippen LogP contribution in [-0.2, 0) is 11.3 Å². The molecule has 6 heteroatoms. The predicted octanol–water partition coefficient (Wildman–Crippen LogP) is 2.94. The molecule has 1 atom stereocenters. The number of aromatic nitrogens is 2. The summed E-state index contributed by atoms with van der Waals surface area (Å²) < 4.78 is 8.08. The van der Waals surface area contributed by atoms with E-state index in [0.717, 1.165) is 34.8 Å². The number of ether oxygens (including phenoxy) is 1. The number of anilines is 1. The topological polar surface area (TPSA) is 58.9 Å². The molecule has 1 aromatic carbocycles. The molecule has 140 valence electrons. The maximum Gasteiger partial charge on any atom is 0.262 e. The SMILES string of the molecule is CCCNC(=O)[C@H]1CN(Cc2cnc3c(C)cccn23)c2ccccc2O1. The normalized spacial score (nSPS) is 16.1. The minimum absolute atomic E-state index is 0.0645. The van der Waals surface area contributed by atoms with Crippen LogP contribution in [-0.4, -0.2) is 34.5 Å². The first kappa shape index (κ1) is 17.4. The van der Waals surface area contributed by atoms with Crippen molar-refractivity contribution in [3.8, 4) is 5.75 Å². The summed E-state index contributed by atoms with van der Waals surface area (Å²) in [6, 6.07) is 12.0. The van der Waals surface area contributed by atoms with Gasteiger partial charge in [-0.25, -0.2) is 4.98 Å². The first-order chi connectivity index (χ1) is 13.2. The van der Waals surface area contributed by atoms with Crippen molar-refractivity contribution in [2.24, 2.45) is 0 Å². The summed E-state index contributed by atoms with van der Waals surface area (Å²) in [7, 11) is 0. The Bertz CT molecular complexity index is 966. The zero-order valence-electron chi connectivity index (χ0n) is 15.7. The number of imidazole rings is 1. The van der Waals surface area contributed by atoms with E-state index in [2.05, 4.69) is 32.6 Å². The van der Waals surface area contributed by atoms with Gasteiger partial charge in [0.2, 0.25) is 0 Å². The van der Waals surface area contributed by atoms with E-state index in [9.17, 15) is 4.79 Å². The van der Waals surface area contributed by atoms with Gasteiger partial charge >= 0.3 is 0 Å². The van der Waals surface area contributed by atoms with Gasteiger partial charge in [-0.1, -0.05) is 25.1 Å². The quantitative estimate of drug-likeness (QED) is 0.756. The van der Waals surface area contributed by atoms with Crippen LogP contribution >= 0.6 is 0 Å². The summed E-state index contributed by atoms with van der Waals surface area (Å²) >= 11 is 0. The number of fused-ring (bicyclic) bond motifs is 2. The molecule has 1 N–H and O–H groups in total. The van der Waals surface area contributed by atoms with E-state index in [1.807, 2.05) is 49.6 Å². The molecule has 0 bridgehead atoms. The first-order valence-corrected chi connectivity index (χ1v) is 9.37. The molecule has 1 aliphatic heterocycles. The average Bonchev–Trinajstić information content (AvgIpc) is 3.10. The molecule has 1 amide bonds. The second-order valence-corrected chi connectivity index (χ2v) is 6.88. The predicted molar refractivity (Wildman–Crippen MR) is 105 cm³/mol. The molecule has 0 radical (unpaired) electrons. The van der Waals surface area contributed by atoms with Gasteiger partial charge in [-0.05, 0) is 37.1 Å². The van der Waals surface area contributed by atoms with Crippen LogP contribution in [0.4, 0.5) is 5.69 Å². The van der Waals surface area contributed by atoms with Gasteiger partial charge in [-0.2, -0.15) is 0 Å². The molecule has 6 nitrogen and oxygen atoms in total. The zero-order valence-corrected chi connectivity index (χ0v) is 15.7. The number of amides is 1. The van der Waals surface area contributed by atoms with E-state index in [4.69, 9.17) is 4.74 Å². The smallest absolute Gasteiger partial charge is 0.262 e. The summed E-state index contributed by atoms with van der Waals surface area (Å²) in [5, 5.41) is 2.94. The molecule has 0 fully saturated rings. The highest BCUT2D eigenvalue weighted by Gasteiger charge is 2.30. The Labute approximate surface area is 158 Å². The Morgan fingerprint density at radius 1 is 1.30 bits per heavy atom. The van der Waals surface area contributed by atoms with Crippen LogP contribution in [0.1, 0.15) is 24.6 Å². The largest absolute Gasteiger partial charge is 0.477 e. The van der Waals surface area contributed by atoms with E-state index in [1.165, 1.54) is 0 Å². The van der Waals surface area contributed by atoms with Crippen LogP contribution in [0.15, 0.2) is 48.8 Å². The van der Waals surface area contributed by atoms with Crippen LogP contribution in [0.5, 0.6) is 5.75 Å². The lowest BCUT2D eigenvalue weighted by Crippen LogP contribution is -2.49. The minimum atomic E-state index is -0.521. The van der Waals surface area contributed by atoms with E-state index in [-0.39, 0.29) is 5.91 Å². The molecular weight excluding hydrogens is 340 g/mol. The fourth-order valence-corrected chi connectivity index (χ4v) is 3.47. The number of benzene rings is 1. The van der Waals surface area contributed by atoms with Crippen LogP contribution in [0, 0.1) is 6.92 Å². The summed E-state index contributed by atoms with van der Waals surface area (Å²) in [5.41, 5.74) is 4.19. The number of para-hydroxylation sites is 2. The molecule has 2 aromatic heterocycles. The van der Waals surface area contributed by atoms with E-state index in [0.29, 0.717) is 19.6 Å².